The zero-order valence-corrected chi connectivity index (χ0v) is 33.8. The zero-order chi connectivity index (χ0) is 40.5. The van der Waals surface area contributed by atoms with Gasteiger partial charge in [-0.15, -0.1) is 23.1 Å². The fraction of sp³-hybridized carbons (Fsp3) is 0.227. The lowest BCUT2D eigenvalue weighted by Gasteiger charge is -2.22. The molecule has 0 saturated carbocycles. The van der Waals surface area contributed by atoms with Gasteiger partial charge in [0, 0.05) is 32.7 Å². The largest absolute Gasteiger partial charge is 0.496 e. The maximum atomic E-state index is 13.9. The first-order chi connectivity index (χ1) is 27.6. The number of benzene rings is 4. The van der Waals surface area contributed by atoms with E-state index in [1.807, 2.05) is 24.3 Å². The molecule has 0 fully saturated rings. The van der Waals surface area contributed by atoms with Crippen LogP contribution in [0.15, 0.2) is 108 Å². The molecule has 1 aromatic heterocycles. The second-order valence-electron chi connectivity index (χ2n) is 13.1. The van der Waals surface area contributed by atoms with E-state index in [2.05, 4.69) is 28.1 Å². The lowest BCUT2D eigenvalue weighted by atomic mass is 9.83. The molecule has 1 heterocycles. The number of anilines is 2. The summed E-state index contributed by atoms with van der Waals surface area (Å²) in [7, 11) is 5.83. The van der Waals surface area contributed by atoms with E-state index in [4.69, 9.17) is 18.9 Å². The molecule has 3 amide bonds. The molecule has 5 aromatic rings. The number of ether oxygens (including phenoxy) is 4. The Labute approximate surface area is 339 Å². The number of hydrogen-bond donors (Lipinski definition) is 3. The van der Waals surface area contributed by atoms with Crippen LogP contribution >= 0.6 is 23.1 Å². The molecule has 0 saturated heterocycles. The highest BCUT2D eigenvalue weighted by Crippen LogP contribution is 2.43. The molecule has 1 aliphatic rings. The molecule has 0 spiro atoms. The van der Waals surface area contributed by atoms with Gasteiger partial charge in [0.15, 0.2) is 11.5 Å². The number of amides is 3. The van der Waals surface area contributed by atoms with E-state index in [0.717, 1.165) is 23.3 Å². The second-order valence-corrected chi connectivity index (χ2v) is 15.6. The fourth-order valence-corrected chi connectivity index (χ4v) is 8.83. The van der Waals surface area contributed by atoms with Crippen LogP contribution < -0.4 is 30.2 Å². The molecule has 4 aromatic carbocycles. The van der Waals surface area contributed by atoms with Gasteiger partial charge >= 0.3 is 5.97 Å². The molecule has 13 heteroatoms. The topological polar surface area (TPSA) is 141 Å². The third kappa shape index (κ3) is 9.68. The number of esters is 1. The minimum atomic E-state index is -0.601. The fourth-order valence-electron chi connectivity index (χ4n) is 6.58. The minimum absolute atomic E-state index is 0.0599. The number of fused-ring (bicyclic) bond motifs is 1. The number of carbonyl (C=O) groups excluding carboxylic acids is 4. The first kappa shape index (κ1) is 40.6. The molecule has 0 bridgehead atoms. The summed E-state index contributed by atoms with van der Waals surface area (Å²) in [5, 5.41) is 8.55. The second kappa shape index (κ2) is 18.7. The maximum Gasteiger partial charge on any atom is 0.341 e. The molecule has 0 aliphatic heterocycles. The van der Waals surface area contributed by atoms with Crippen molar-refractivity contribution < 1.29 is 38.1 Å². The van der Waals surface area contributed by atoms with Gasteiger partial charge in [0.1, 0.15) is 16.4 Å². The highest BCUT2D eigenvalue weighted by atomic mass is 32.2. The normalized spacial score (nSPS) is 14.1. The monoisotopic (exact) mass is 805 g/mol. The summed E-state index contributed by atoms with van der Waals surface area (Å²) >= 11 is 2.73. The molecule has 0 radical (unpaired) electrons. The summed E-state index contributed by atoms with van der Waals surface area (Å²) < 4.78 is 21.6. The molecule has 57 heavy (non-hydrogen) atoms. The van der Waals surface area contributed by atoms with Crippen LogP contribution in [0.2, 0.25) is 0 Å². The smallest absolute Gasteiger partial charge is 0.341 e. The van der Waals surface area contributed by atoms with E-state index in [9.17, 15) is 19.2 Å². The van der Waals surface area contributed by atoms with E-state index in [0.29, 0.717) is 61.9 Å². The Morgan fingerprint density at radius 2 is 1.49 bits per heavy atom. The van der Waals surface area contributed by atoms with Crippen molar-refractivity contribution in [3.63, 3.8) is 0 Å². The van der Waals surface area contributed by atoms with Crippen LogP contribution in [0.25, 0.3) is 6.08 Å². The van der Waals surface area contributed by atoms with Gasteiger partial charge in [-0.3, -0.25) is 14.4 Å². The predicted molar refractivity (Wildman–Crippen MR) is 224 cm³/mol. The number of nitrogens with one attached hydrogen (secondary N) is 3. The van der Waals surface area contributed by atoms with Gasteiger partial charge < -0.3 is 34.9 Å². The number of carbonyl (C=O) groups is 4. The van der Waals surface area contributed by atoms with Crippen molar-refractivity contribution in [1.29, 1.82) is 0 Å². The summed E-state index contributed by atoms with van der Waals surface area (Å²) in [4.78, 5) is 55.6. The number of thiophene rings is 1. The summed E-state index contributed by atoms with van der Waals surface area (Å²) in [6, 6.07) is 29.2. The van der Waals surface area contributed by atoms with Gasteiger partial charge in [0.25, 0.3) is 11.8 Å². The summed E-state index contributed by atoms with van der Waals surface area (Å²) in [5.74, 6) is -0.297. The van der Waals surface area contributed by atoms with Gasteiger partial charge in [-0.25, -0.2) is 4.79 Å². The number of methoxy groups -OCH3 is 4. The van der Waals surface area contributed by atoms with Crippen LogP contribution in [0.3, 0.4) is 0 Å². The molecular weight excluding hydrogens is 763 g/mol. The van der Waals surface area contributed by atoms with Crippen LogP contribution in [-0.2, 0) is 27.2 Å². The molecule has 1 aliphatic carbocycles. The lowest BCUT2D eigenvalue weighted by molar-refractivity contribution is -0.115. The van der Waals surface area contributed by atoms with E-state index in [1.54, 1.807) is 67.6 Å². The highest BCUT2D eigenvalue weighted by molar-refractivity contribution is 8.00. The molecule has 2 atom stereocenters. The first-order valence-corrected chi connectivity index (χ1v) is 19.9. The SMILES string of the molecule is COC(=O)c1c(NC(=O)C(C)Sc2cccc(NC(=O)/C(=C\c3cc(OC)c(OC)cc3OC)NC(=O)c3ccccc3)c2)sc2c1CCC(c1ccccc1)C2. The van der Waals surface area contributed by atoms with E-state index in [1.165, 1.54) is 63.2 Å². The third-order valence-electron chi connectivity index (χ3n) is 9.50. The van der Waals surface area contributed by atoms with Gasteiger partial charge in [-0.1, -0.05) is 54.6 Å². The molecule has 3 N–H and O–H groups in total. The molecule has 294 valence electrons. The first-order valence-electron chi connectivity index (χ1n) is 18.2. The highest BCUT2D eigenvalue weighted by Gasteiger charge is 2.31. The van der Waals surface area contributed by atoms with Gasteiger partial charge in [0.2, 0.25) is 5.91 Å². The zero-order valence-electron chi connectivity index (χ0n) is 32.2. The number of hydrogen-bond acceptors (Lipinski definition) is 10. The van der Waals surface area contributed by atoms with Crippen LogP contribution in [0.5, 0.6) is 17.2 Å². The average Bonchev–Trinajstić information content (AvgIpc) is 3.60. The van der Waals surface area contributed by atoms with Crippen molar-refractivity contribution in [2.75, 3.05) is 39.1 Å². The standard InChI is InChI=1S/C44H43N3O8S2/c1-26(40(48)47-43-39(44(51)55-5)33-20-19-29(23-38(33)57-43)27-13-8-6-9-14-27)56-32-18-12-17-31(24-32)45-42(50)34(46-41(49)28-15-10-7-11-16-28)21-30-22-36(53-3)37(54-4)25-35(30)52-2/h6-18,21-22,24-26,29H,19-20,23H2,1-5H3,(H,45,50)(H,46,49)(H,47,48)/b34-21+. The van der Waals surface area contributed by atoms with Gasteiger partial charge in [0.05, 0.1) is 39.3 Å². The Morgan fingerprint density at radius 1 is 0.807 bits per heavy atom. The Hall–Kier alpha value is -6.05. The third-order valence-corrected chi connectivity index (χ3v) is 11.8. The number of rotatable bonds is 14. The van der Waals surface area contributed by atoms with E-state index >= 15 is 0 Å². The van der Waals surface area contributed by atoms with Crippen molar-refractivity contribution in [2.24, 2.45) is 0 Å². The van der Waals surface area contributed by atoms with E-state index < -0.39 is 23.0 Å². The summed E-state index contributed by atoms with van der Waals surface area (Å²) in [6.07, 6.45) is 3.88. The van der Waals surface area contributed by atoms with Crippen LogP contribution in [0.4, 0.5) is 10.7 Å². The van der Waals surface area contributed by atoms with Crippen molar-refractivity contribution in [1.82, 2.24) is 5.32 Å². The minimum Gasteiger partial charge on any atom is -0.496 e. The van der Waals surface area contributed by atoms with Gasteiger partial charge in [-0.05, 0) is 85.7 Å². The average molecular weight is 806 g/mol. The Balaban J connectivity index is 1.19. The maximum absolute atomic E-state index is 13.9. The molecule has 6 rings (SSSR count). The Morgan fingerprint density at radius 3 is 2.18 bits per heavy atom. The molecule has 11 nitrogen and oxygen atoms in total. The molecular formula is C44H43N3O8S2. The molecule has 2 unspecified atom stereocenters. The lowest BCUT2D eigenvalue weighted by Crippen LogP contribution is -2.30. The van der Waals surface area contributed by atoms with Crippen molar-refractivity contribution in [2.45, 2.75) is 42.2 Å². The van der Waals surface area contributed by atoms with Crippen molar-refractivity contribution >= 4 is 63.6 Å². The van der Waals surface area contributed by atoms with Crippen molar-refractivity contribution in [3.8, 4) is 17.2 Å². The Bertz CT molecular complexity index is 2290. The quantitative estimate of drug-likeness (QED) is 0.0574. The van der Waals surface area contributed by atoms with Crippen LogP contribution in [-0.4, -0.2) is 57.4 Å². The Kier molecular flexibility index (Phi) is 13.3. The summed E-state index contributed by atoms with van der Waals surface area (Å²) in [6.45, 7) is 1.78. The summed E-state index contributed by atoms with van der Waals surface area (Å²) in [5.41, 5.74) is 3.81. The predicted octanol–water partition coefficient (Wildman–Crippen LogP) is 8.36. The van der Waals surface area contributed by atoms with Crippen LogP contribution in [0.1, 0.15) is 61.5 Å². The van der Waals surface area contributed by atoms with Crippen LogP contribution in [0, 0.1) is 0 Å². The van der Waals surface area contributed by atoms with Gasteiger partial charge in [-0.2, -0.15) is 0 Å². The van der Waals surface area contributed by atoms with Crippen molar-refractivity contribution in [3.05, 3.63) is 135 Å². The van der Waals surface area contributed by atoms with E-state index in [-0.39, 0.29) is 11.6 Å². The number of thioether (sulfide) groups is 1.